The number of benzene rings is 1. The van der Waals surface area contributed by atoms with Crippen LogP contribution in [-0.4, -0.2) is 42.0 Å². The van der Waals surface area contributed by atoms with Gasteiger partial charge in [-0.2, -0.15) is 0 Å². The number of hydrogen-bond acceptors (Lipinski definition) is 4. The van der Waals surface area contributed by atoms with Gasteiger partial charge in [0.15, 0.2) is 0 Å². The molecule has 0 unspecified atom stereocenters. The van der Waals surface area contributed by atoms with Crippen molar-refractivity contribution in [2.24, 2.45) is 0 Å². The van der Waals surface area contributed by atoms with Crippen LogP contribution < -0.4 is 4.90 Å². The third kappa shape index (κ3) is 3.85. The van der Waals surface area contributed by atoms with Gasteiger partial charge in [-0.1, -0.05) is 17.7 Å². The van der Waals surface area contributed by atoms with Crippen LogP contribution in [0.1, 0.15) is 15.4 Å². The van der Waals surface area contributed by atoms with Gasteiger partial charge in [0.2, 0.25) is 5.91 Å². The number of piperazine rings is 1. The molecule has 0 saturated carbocycles. The summed E-state index contributed by atoms with van der Waals surface area (Å²) in [5, 5.41) is 1.69. The number of nitrogens with zero attached hydrogens (tertiary/aromatic N) is 3. The molecule has 0 radical (unpaired) electrons. The summed E-state index contributed by atoms with van der Waals surface area (Å²) in [7, 11) is 0. The molecule has 1 aromatic carbocycles. The molecule has 0 spiro atoms. The van der Waals surface area contributed by atoms with Gasteiger partial charge in [-0.3, -0.25) is 4.79 Å². The number of hydrogen-bond donors (Lipinski definition) is 0. The lowest BCUT2D eigenvalue weighted by Crippen LogP contribution is -2.49. The lowest BCUT2D eigenvalue weighted by Gasteiger charge is -2.36. The van der Waals surface area contributed by atoms with Crippen LogP contribution in [0.15, 0.2) is 24.4 Å². The Morgan fingerprint density at radius 2 is 2.00 bits per heavy atom. The molecule has 1 aromatic heterocycles. The summed E-state index contributed by atoms with van der Waals surface area (Å²) in [6.45, 7) is 7.17. The Bertz CT molecular complexity index is 708. The van der Waals surface area contributed by atoms with Crippen LogP contribution in [-0.2, 0) is 11.2 Å². The Labute approximate surface area is 145 Å². The standard InChI is InChI=1S/C17H20ClN3OS/c1-12-3-4-14(9-15(12)18)20-5-7-21(8-6-20)17(22)10-16-19-11-13(2)23-16/h3-4,9,11H,5-8,10H2,1-2H3. The summed E-state index contributed by atoms with van der Waals surface area (Å²) in [6.07, 6.45) is 2.24. The normalized spacial score (nSPS) is 15.1. The van der Waals surface area contributed by atoms with E-state index in [-0.39, 0.29) is 5.91 Å². The highest BCUT2D eigenvalue weighted by Crippen LogP contribution is 2.24. The molecule has 1 aliphatic heterocycles. The van der Waals surface area contributed by atoms with E-state index in [4.69, 9.17) is 11.6 Å². The molecule has 1 saturated heterocycles. The first-order valence-corrected chi connectivity index (χ1v) is 8.92. The van der Waals surface area contributed by atoms with Gasteiger partial charge in [-0.05, 0) is 31.5 Å². The zero-order chi connectivity index (χ0) is 16.4. The topological polar surface area (TPSA) is 36.4 Å². The van der Waals surface area contributed by atoms with Crippen molar-refractivity contribution >= 4 is 34.5 Å². The molecule has 0 atom stereocenters. The predicted octanol–water partition coefficient (Wildman–Crippen LogP) is 3.30. The number of amides is 1. The Morgan fingerprint density at radius 3 is 2.61 bits per heavy atom. The van der Waals surface area contributed by atoms with Crippen molar-refractivity contribution in [2.45, 2.75) is 20.3 Å². The second-order valence-electron chi connectivity index (χ2n) is 5.84. The van der Waals surface area contributed by atoms with E-state index in [9.17, 15) is 4.79 Å². The molecule has 23 heavy (non-hydrogen) atoms. The van der Waals surface area contributed by atoms with Crippen molar-refractivity contribution in [3.63, 3.8) is 0 Å². The van der Waals surface area contributed by atoms with Crippen LogP contribution in [0.4, 0.5) is 5.69 Å². The maximum absolute atomic E-state index is 12.4. The first kappa shape index (κ1) is 16.3. The minimum Gasteiger partial charge on any atom is -0.368 e. The number of rotatable bonds is 3. The van der Waals surface area contributed by atoms with Gasteiger partial charge in [0, 0.05) is 48.0 Å². The number of carbonyl (C=O) groups excluding carboxylic acids is 1. The number of halogens is 1. The summed E-state index contributed by atoms with van der Waals surface area (Å²) in [6, 6.07) is 6.14. The molecule has 2 heterocycles. The summed E-state index contributed by atoms with van der Waals surface area (Å²) in [5.41, 5.74) is 2.21. The zero-order valence-corrected chi connectivity index (χ0v) is 15.0. The van der Waals surface area contributed by atoms with E-state index < -0.39 is 0 Å². The third-order valence-electron chi connectivity index (χ3n) is 4.12. The van der Waals surface area contributed by atoms with Gasteiger partial charge >= 0.3 is 0 Å². The molecule has 0 N–H and O–H groups in total. The largest absolute Gasteiger partial charge is 0.368 e. The summed E-state index contributed by atoms with van der Waals surface area (Å²) >= 11 is 7.80. The van der Waals surface area contributed by atoms with Crippen molar-refractivity contribution in [1.82, 2.24) is 9.88 Å². The van der Waals surface area contributed by atoms with Gasteiger partial charge in [-0.25, -0.2) is 4.98 Å². The molecule has 3 rings (SSSR count). The Kier molecular flexibility index (Phi) is 4.87. The minimum absolute atomic E-state index is 0.168. The number of carbonyl (C=O) groups is 1. The smallest absolute Gasteiger partial charge is 0.229 e. The second-order valence-corrected chi connectivity index (χ2v) is 7.57. The number of anilines is 1. The third-order valence-corrected chi connectivity index (χ3v) is 5.44. The Morgan fingerprint density at radius 1 is 1.26 bits per heavy atom. The minimum atomic E-state index is 0.168. The first-order valence-electron chi connectivity index (χ1n) is 7.73. The van der Waals surface area contributed by atoms with E-state index in [0.29, 0.717) is 6.42 Å². The number of aromatic nitrogens is 1. The van der Waals surface area contributed by atoms with Crippen LogP contribution in [0.2, 0.25) is 5.02 Å². The molecular formula is C17H20ClN3OS. The van der Waals surface area contributed by atoms with E-state index in [2.05, 4.69) is 16.0 Å². The van der Waals surface area contributed by atoms with Crippen molar-refractivity contribution in [2.75, 3.05) is 31.1 Å². The molecule has 2 aromatic rings. The van der Waals surface area contributed by atoms with Crippen molar-refractivity contribution in [3.8, 4) is 0 Å². The van der Waals surface area contributed by atoms with Crippen LogP contribution in [0.5, 0.6) is 0 Å². The SMILES string of the molecule is Cc1cnc(CC(=O)N2CCN(c3ccc(C)c(Cl)c3)CC2)s1. The van der Waals surface area contributed by atoms with Gasteiger partial charge in [0.1, 0.15) is 5.01 Å². The first-order chi connectivity index (χ1) is 11.0. The van der Waals surface area contributed by atoms with E-state index in [1.54, 1.807) is 11.3 Å². The predicted molar refractivity (Wildman–Crippen MR) is 95.5 cm³/mol. The van der Waals surface area contributed by atoms with Gasteiger partial charge in [0.25, 0.3) is 0 Å². The van der Waals surface area contributed by atoms with Crippen LogP contribution in [0.3, 0.4) is 0 Å². The molecule has 0 aliphatic carbocycles. The van der Waals surface area contributed by atoms with Crippen LogP contribution in [0.25, 0.3) is 0 Å². The molecule has 1 fully saturated rings. The molecule has 4 nitrogen and oxygen atoms in total. The molecule has 0 bridgehead atoms. The fourth-order valence-electron chi connectivity index (χ4n) is 2.72. The molecule has 1 aliphatic rings. The Hall–Kier alpha value is -1.59. The summed E-state index contributed by atoms with van der Waals surface area (Å²) in [5.74, 6) is 0.168. The van der Waals surface area contributed by atoms with Crippen LogP contribution >= 0.6 is 22.9 Å². The monoisotopic (exact) mass is 349 g/mol. The van der Waals surface area contributed by atoms with Gasteiger partial charge < -0.3 is 9.80 Å². The van der Waals surface area contributed by atoms with E-state index in [1.165, 1.54) is 0 Å². The maximum Gasteiger partial charge on any atom is 0.229 e. The highest BCUT2D eigenvalue weighted by atomic mass is 35.5. The second kappa shape index (κ2) is 6.89. The molecule has 122 valence electrons. The maximum atomic E-state index is 12.4. The molecule has 6 heteroatoms. The average Bonchev–Trinajstić information content (AvgIpc) is 2.95. The number of aryl methyl sites for hydroxylation is 2. The highest BCUT2D eigenvalue weighted by molar-refractivity contribution is 7.11. The lowest BCUT2D eigenvalue weighted by molar-refractivity contribution is -0.130. The van der Waals surface area contributed by atoms with Gasteiger partial charge in [0.05, 0.1) is 6.42 Å². The van der Waals surface area contributed by atoms with E-state index >= 15 is 0 Å². The van der Waals surface area contributed by atoms with Gasteiger partial charge in [-0.15, -0.1) is 11.3 Å². The van der Waals surface area contributed by atoms with Crippen LogP contribution in [0, 0.1) is 13.8 Å². The zero-order valence-electron chi connectivity index (χ0n) is 13.4. The fraction of sp³-hybridized carbons (Fsp3) is 0.412. The quantitative estimate of drug-likeness (QED) is 0.853. The molecular weight excluding hydrogens is 330 g/mol. The van der Waals surface area contributed by atoms with Crippen molar-refractivity contribution < 1.29 is 4.79 Å². The van der Waals surface area contributed by atoms with E-state index in [1.807, 2.05) is 37.1 Å². The lowest BCUT2D eigenvalue weighted by atomic mass is 10.2. The van der Waals surface area contributed by atoms with E-state index in [0.717, 1.165) is 52.3 Å². The number of thiazole rings is 1. The molecule has 1 amide bonds. The fourth-order valence-corrected chi connectivity index (χ4v) is 3.67. The summed E-state index contributed by atoms with van der Waals surface area (Å²) < 4.78 is 0. The van der Waals surface area contributed by atoms with Crippen molar-refractivity contribution in [1.29, 1.82) is 0 Å². The summed E-state index contributed by atoms with van der Waals surface area (Å²) in [4.78, 5) is 22.0. The Balaban J connectivity index is 1.57. The average molecular weight is 350 g/mol. The highest BCUT2D eigenvalue weighted by Gasteiger charge is 2.22. The van der Waals surface area contributed by atoms with Crippen molar-refractivity contribution in [3.05, 3.63) is 44.9 Å².